The summed E-state index contributed by atoms with van der Waals surface area (Å²) in [5.41, 5.74) is 2.89. The van der Waals surface area contributed by atoms with Crippen molar-refractivity contribution in [1.29, 1.82) is 0 Å². The molecule has 1 aromatic heterocycles. The normalized spacial score (nSPS) is 12.7. The fourth-order valence-corrected chi connectivity index (χ4v) is 4.44. The number of para-hydroxylation sites is 2. The largest absolute Gasteiger partial charge is 0.325 e. The number of carbonyl (C=O) groups excluding carboxylic acids is 1. The summed E-state index contributed by atoms with van der Waals surface area (Å²) in [6.07, 6.45) is 0.450. The Labute approximate surface area is 211 Å². The van der Waals surface area contributed by atoms with Gasteiger partial charge in [0, 0.05) is 23.7 Å². The molecule has 2 N–H and O–H groups in total. The van der Waals surface area contributed by atoms with Gasteiger partial charge in [0.25, 0.3) is 5.56 Å². The van der Waals surface area contributed by atoms with E-state index in [1.807, 2.05) is 60.7 Å². The quantitative estimate of drug-likeness (QED) is 0.363. The Kier molecular flexibility index (Phi) is 6.44. The van der Waals surface area contributed by atoms with Crippen LogP contribution in [-0.2, 0) is 13.0 Å². The predicted molar refractivity (Wildman–Crippen MR) is 139 cm³/mol. The second-order valence-electron chi connectivity index (χ2n) is 8.05. The number of benzene rings is 3. The van der Waals surface area contributed by atoms with Gasteiger partial charge in [0.05, 0.1) is 34.2 Å². The van der Waals surface area contributed by atoms with Gasteiger partial charge in [-0.25, -0.2) is 14.3 Å². The maximum absolute atomic E-state index is 13.7. The lowest BCUT2D eigenvalue weighted by Gasteiger charge is -2.29. The molecule has 0 unspecified atom stereocenters. The molecule has 35 heavy (non-hydrogen) atoms. The zero-order chi connectivity index (χ0) is 24.4. The molecule has 0 saturated heterocycles. The highest BCUT2D eigenvalue weighted by molar-refractivity contribution is 6.36. The van der Waals surface area contributed by atoms with Crippen LogP contribution in [0.25, 0.3) is 5.69 Å². The Hall–Kier alpha value is -3.81. The first-order valence-corrected chi connectivity index (χ1v) is 11.8. The van der Waals surface area contributed by atoms with Crippen LogP contribution >= 0.6 is 23.2 Å². The van der Waals surface area contributed by atoms with E-state index in [0.29, 0.717) is 51.6 Å². The summed E-state index contributed by atoms with van der Waals surface area (Å²) >= 11 is 12.2. The minimum Gasteiger partial charge on any atom is -0.325 e. The van der Waals surface area contributed by atoms with E-state index in [1.165, 1.54) is 0 Å². The molecule has 2 heterocycles. The maximum Gasteiger partial charge on any atom is 0.322 e. The number of nitrogens with one attached hydrogen (secondary N) is 2. The summed E-state index contributed by atoms with van der Waals surface area (Å²) in [6, 6.07) is 23.4. The van der Waals surface area contributed by atoms with Crippen LogP contribution in [0, 0.1) is 0 Å². The lowest BCUT2D eigenvalue weighted by atomic mass is 10.1. The molecule has 0 aliphatic carbocycles. The van der Waals surface area contributed by atoms with Crippen LogP contribution in [0.15, 0.2) is 83.7 Å². The van der Waals surface area contributed by atoms with E-state index in [0.717, 1.165) is 5.69 Å². The van der Waals surface area contributed by atoms with E-state index in [9.17, 15) is 9.59 Å². The Morgan fingerprint density at radius 3 is 2.37 bits per heavy atom. The van der Waals surface area contributed by atoms with Crippen molar-refractivity contribution in [3.63, 3.8) is 0 Å². The average Bonchev–Trinajstić information content (AvgIpc) is 2.87. The van der Waals surface area contributed by atoms with Gasteiger partial charge < -0.3 is 15.5 Å². The monoisotopic (exact) mass is 505 g/mol. The molecule has 0 spiro atoms. The molecule has 0 saturated carbocycles. The Morgan fingerprint density at radius 2 is 1.66 bits per heavy atom. The van der Waals surface area contributed by atoms with Crippen molar-refractivity contribution in [3.8, 4) is 5.69 Å². The fourth-order valence-electron chi connectivity index (χ4n) is 3.99. The van der Waals surface area contributed by atoms with E-state index in [1.54, 1.807) is 27.7 Å². The zero-order valence-electron chi connectivity index (χ0n) is 18.5. The molecular formula is C26H21Cl2N5O2. The molecule has 5 rings (SSSR count). The number of carbonyl (C=O) groups is 1. The van der Waals surface area contributed by atoms with Crippen molar-refractivity contribution < 1.29 is 4.79 Å². The molecule has 0 radical (unpaired) electrons. The molecule has 2 amide bonds. The molecule has 176 valence electrons. The third kappa shape index (κ3) is 4.87. The van der Waals surface area contributed by atoms with Gasteiger partial charge in [-0.2, -0.15) is 0 Å². The van der Waals surface area contributed by atoms with E-state index in [-0.39, 0.29) is 18.1 Å². The third-order valence-corrected chi connectivity index (χ3v) is 6.28. The zero-order valence-corrected chi connectivity index (χ0v) is 20.1. The van der Waals surface area contributed by atoms with Gasteiger partial charge in [0.15, 0.2) is 0 Å². The summed E-state index contributed by atoms with van der Waals surface area (Å²) in [6.45, 7) is 0.549. The number of fused-ring (bicyclic) bond motifs is 1. The van der Waals surface area contributed by atoms with Gasteiger partial charge >= 0.3 is 6.03 Å². The highest BCUT2D eigenvalue weighted by atomic mass is 35.5. The lowest BCUT2D eigenvalue weighted by Crippen LogP contribution is -2.43. The number of amides is 2. The molecule has 0 fully saturated rings. The van der Waals surface area contributed by atoms with Crippen LogP contribution in [0.4, 0.5) is 22.1 Å². The van der Waals surface area contributed by atoms with Crippen LogP contribution < -0.4 is 16.2 Å². The van der Waals surface area contributed by atoms with Crippen molar-refractivity contribution in [2.24, 2.45) is 0 Å². The topological polar surface area (TPSA) is 79.3 Å². The minimum atomic E-state index is -0.350. The molecule has 3 aromatic carbocycles. The number of urea groups is 1. The van der Waals surface area contributed by atoms with Gasteiger partial charge in [-0.1, -0.05) is 59.6 Å². The van der Waals surface area contributed by atoms with Crippen molar-refractivity contribution >= 4 is 46.6 Å². The Bertz CT molecular complexity index is 1440. The predicted octanol–water partition coefficient (Wildman–Crippen LogP) is 5.87. The highest BCUT2D eigenvalue weighted by Gasteiger charge is 2.27. The smallest absolute Gasteiger partial charge is 0.322 e. The van der Waals surface area contributed by atoms with Gasteiger partial charge in [-0.15, -0.1) is 0 Å². The average molecular weight is 506 g/mol. The third-order valence-electron chi connectivity index (χ3n) is 5.73. The van der Waals surface area contributed by atoms with Gasteiger partial charge in [-0.3, -0.25) is 4.79 Å². The molecule has 7 nitrogen and oxygen atoms in total. The molecule has 0 bridgehead atoms. The number of hydrogen-bond acceptors (Lipinski definition) is 4. The van der Waals surface area contributed by atoms with Gasteiger partial charge in [-0.05, 0) is 42.5 Å². The summed E-state index contributed by atoms with van der Waals surface area (Å²) in [5, 5.41) is 6.90. The highest BCUT2D eigenvalue weighted by Crippen LogP contribution is 2.27. The van der Waals surface area contributed by atoms with Crippen molar-refractivity contribution in [3.05, 3.63) is 111 Å². The second-order valence-corrected chi connectivity index (χ2v) is 8.90. The second kappa shape index (κ2) is 9.82. The first-order chi connectivity index (χ1) is 17.0. The van der Waals surface area contributed by atoms with E-state index in [2.05, 4.69) is 10.6 Å². The molecule has 1 aliphatic rings. The lowest BCUT2D eigenvalue weighted by molar-refractivity contribution is 0.205. The molecule has 9 heteroatoms. The number of nitrogens with zero attached hydrogens (tertiary/aromatic N) is 3. The van der Waals surface area contributed by atoms with Crippen molar-refractivity contribution in [2.75, 3.05) is 17.2 Å². The van der Waals surface area contributed by atoms with Crippen molar-refractivity contribution in [1.82, 2.24) is 14.5 Å². The van der Waals surface area contributed by atoms with Gasteiger partial charge in [0.1, 0.15) is 0 Å². The van der Waals surface area contributed by atoms with Crippen LogP contribution in [0.5, 0.6) is 0 Å². The van der Waals surface area contributed by atoms with Crippen LogP contribution in [-0.4, -0.2) is 27.0 Å². The van der Waals surface area contributed by atoms with Crippen LogP contribution in [0.3, 0.4) is 0 Å². The number of halogens is 2. The first-order valence-electron chi connectivity index (χ1n) is 11.0. The van der Waals surface area contributed by atoms with E-state index >= 15 is 0 Å². The number of aromatic nitrogens is 2. The Balaban J connectivity index is 1.49. The van der Waals surface area contributed by atoms with Crippen molar-refractivity contribution in [2.45, 2.75) is 13.0 Å². The number of hydrogen-bond donors (Lipinski definition) is 2. The standard InChI is InChI=1S/C26H21Cl2N5O2/c27-17-11-12-23(21(28)15-17)31-26(35)32-14-13-22-20(16-32)24(34)33(19-9-5-2-6-10-19)25(30-22)29-18-7-3-1-4-8-18/h1-12,15H,13-14,16H2,(H,29,30)(H,31,35). The van der Waals surface area contributed by atoms with E-state index in [4.69, 9.17) is 28.2 Å². The van der Waals surface area contributed by atoms with Gasteiger partial charge in [0.2, 0.25) is 5.95 Å². The summed E-state index contributed by atoms with van der Waals surface area (Å²) in [4.78, 5) is 33.1. The SMILES string of the molecule is O=C(Nc1ccc(Cl)cc1Cl)N1CCc2nc(Nc3ccccc3)n(-c3ccccc3)c(=O)c2C1. The maximum atomic E-state index is 13.7. The fraction of sp³-hybridized carbons (Fsp3) is 0.115. The number of anilines is 3. The summed E-state index contributed by atoms with van der Waals surface area (Å²) in [5.74, 6) is 0.428. The van der Waals surface area contributed by atoms with Crippen LogP contribution in [0.1, 0.15) is 11.3 Å². The molecule has 0 atom stereocenters. The molecule has 4 aromatic rings. The number of rotatable bonds is 4. The molecule has 1 aliphatic heterocycles. The minimum absolute atomic E-state index is 0.136. The summed E-state index contributed by atoms with van der Waals surface area (Å²) < 4.78 is 1.54. The van der Waals surface area contributed by atoms with Crippen LogP contribution in [0.2, 0.25) is 10.0 Å². The molecular weight excluding hydrogens is 485 g/mol. The summed E-state index contributed by atoms with van der Waals surface area (Å²) in [7, 11) is 0. The first kappa shape index (κ1) is 23.0. The van der Waals surface area contributed by atoms with E-state index < -0.39 is 0 Å². The Morgan fingerprint density at radius 1 is 0.943 bits per heavy atom.